The lowest BCUT2D eigenvalue weighted by Crippen LogP contribution is -2.07. The first-order chi connectivity index (χ1) is 16.0. The van der Waals surface area contributed by atoms with E-state index < -0.39 is 11.9 Å². The number of esters is 2. The molecule has 1 aromatic heterocycles. The lowest BCUT2D eigenvalue weighted by atomic mass is 10.1. The highest BCUT2D eigenvalue weighted by Crippen LogP contribution is 2.36. The van der Waals surface area contributed by atoms with Crippen LogP contribution in [0.3, 0.4) is 0 Å². The smallest absolute Gasteiger partial charge is 0.337 e. The molecule has 1 aliphatic rings. The molecule has 0 radical (unpaired) electrons. The zero-order valence-corrected chi connectivity index (χ0v) is 18.4. The Labute approximate surface area is 192 Å². The second-order valence-corrected chi connectivity index (χ2v) is 7.56. The van der Waals surface area contributed by atoms with E-state index in [1.165, 1.54) is 50.0 Å². The summed E-state index contributed by atoms with van der Waals surface area (Å²) in [6, 6.07) is 12.0. The third kappa shape index (κ3) is 4.63. The van der Waals surface area contributed by atoms with Crippen molar-refractivity contribution in [3.63, 3.8) is 0 Å². The summed E-state index contributed by atoms with van der Waals surface area (Å²) in [6.07, 6.45) is 1.46. The van der Waals surface area contributed by atoms with Gasteiger partial charge in [-0.15, -0.1) is 11.3 Å². The number of nitrogens with zero attached hydrogens (tertiary/aromatic N) is 2. The van der Waals surface area contributed by atoms with Crippen LogP contribution >= 0.6 is 11.3 Å². The molecule has 33 heavy (non-hydrogen) atoms. The average Bonchev–Trinajstić information content (AvgIpc) is 3.52. The van der Waals surface area contributed by atoms with E-state index >= 15 is 0 Å². The third-order valence-corrected chi connectivity index (χ3v) is 5.56. The number of hydrogen-bond acceptors (Lipinski definition) is 10. The Kier molecular flexibility index (Phi) is 6.24. The lowest BCUT2D eigenvalue weighted by molar-refractivity contribution is 0.0599. The monoisotopic (exact) mass is 463 g/mol. The first kappa shape index (κ1) is 21.9. The van der Waals surface area contributed by atoms with Crippen LogP contribution in [-0.2, 0) is 9.47 Å². The van der Waals surface area contributed by atoms with Gasteiger partial charge < -0.3 is 24.3 Å². The zero-order chi connectivity index (χ0) is 23.4. The van der Waals surface area contributed by atoms with E-state index in [1.54, 1.807) is 0 Å². The van der Waals surface area contributed by atoms with Gasteiger partial charge in [0.05, 0.1) is 31.0 Å². The first-order valence-corrected chi connectivity index (χ1v) is 10.4. The van der Waals surface area contributed by atoms with Gasteiger partial charge in [0.1, 0.15) is 16.6 Å². The Morgan fingerprint density at radius 1 is 1.09 bits per heavy atom. The SMILES string of the molecule is COC(=O)c1cc(N/C=C(\C#N)c2nc(-c3ccc4c(c3)OCO4)cs2)cc(C(=O)OC)c1. The average molecular weight is 463 g/mol. The molecular formula is C23H17N3O6S. The molecule has 1 N–H and O–H groups in total. The fourth-order valence-electron chi connectivity index (χ4n) is 3.07. The van der Waals surface area contributed by atoms with Crippen LogP contribution in [0, 0.1) is 11.3 Å². The number of thiazole rings is 1. The number of aromatic nitrogens is 1. The maximum atomic E-state index is 12.0. The summed E-state index contributed by atoms with van der Waals surface area (Å²) in [6.45, 7) is 0.183. The molecule has 0 aliphatic carbocycles. The van der Waals surface area contributed by atoms with Crippen molar-refractivity contribution in [2.45, 2.75) is 0 Å². The molecule has 0 saturated heterocycles. The number of carbonyl (C=O) groups is 2. The lowest BCUT2D eigenvalue weighted by Gasteiger charge is -2.08. The molecule has 2 heterocycles. The minimum atomic E-state index is -0.610. The fraction of sp³-hybridized carbons (Fsp3) is 0.130. The molecule has 2 aromatic carbocycles. The molecule has 0 unspecified atom stereocenters. The van der Waals surface area contributed by atoms with Crippen LogP contribution in [0.25, 0.3) is 16.8 Å². The van der Waals surface area contributed by atoms with Crippen molar-refractivity contribution in [3.8, 4) is 28.8 Å². The fourth-order valence-corrected chi connectivity index (χ4v) is 3.86. The highest BCUT2D eigenvalue weighted by molar-refractivity contribution is 7.11. The Balaban J connectivity index is 1.60. The summed E-state index contributed by atoms with van der Waals surface area (Å²) >= 11 is 1.31. The van der Waals surface area contributed by atoms with E-state index in [2.05, 4.69) is 16.4 Å². The van der Waals surface area contributed by atoms with Gasteiger partial charge in [-0.05, 0) is 36.4 Å². The maximum absolute atomic E-state index is 12.0. The first-order valence-electron chi connectivity index (χ1n) is 9.57. The quantitative estimate of drug-likeness (QED) is 0.426. The van der Waals surface area contributed by atoms with E-state index in [0.29, 0.717) is 27.9 Å². The number of allylic oxidation sites excluding steroid dienone is 1. The van der Waals surface area contributed by atoms with Gasteiger partial charge in [0.25, 0.3) is 0 Å². The van der Waals surface area contributed by atoms with Crippen LogP contribution < -0.4 is 14.8 Å². The Hall–Kier alpha value is -4.36. The molecule has 1 aliphatic heterocycles. The summed E-state index contributed by atoms with van der Waals surface area (Å²) in [4.78, 5) is 28.5. The summed E-state index contributed by atoms with van der Waals surface area (Å²) in [5.74, 6) is 0.103. The summed E-state index contributed by atoms with van der Waals surface area (Å²) in [5, 5.41) is 14.9. The topological polar surface area (TPSA) is 120 Å². The normalized spacial score (nSPS) is 12.1. The molecule has 4 rings (SSSR count). The molecule has 0 saturated carbocycles. The van der Waals surface area contributed by atoms with Crippen LogP contribution in [0.5, 0.6) is 11.5 Å². The highest BCUT2D eigenvalue weighted by atomic mass is 32.1. The van der Waals surface area contributed by atoms with Crippen molar-refractivity contribution >= 4 is 34.5 Å². The summed E-state index contributed by atoms with van der Waals surface area (Å²) in [7, 11) is 2.49. The number of ether oxygens (including phenoxy) is 4. The molecular weight excluding hydrogens is 446 g/mol. The highest BCUT2D eigenvalue weighted by Gasteiger charge is 2.17. The summed E-state index contributed by atoms with van der Waals surface area (Å²) in [5.41, 5.74) is 2.52. The molecule has 3 aromatic rings. The molecule has 0 amide bonds. The number of methoxy groups -OCH3 is 2. The molecule has 9 nitrogen and oxygen atoms in total. The van der Waals surface area contributed by atoms with Crippen molar-refractivity contribution in [1.82, 2.24) is 4.98 Å². The minimum absolute atomic E-state index is 0.161. The number of fused-ring (bicyclic) bond motifs is 1. The molecule has 0 fully saturated rings. The van der Waals surface area contributed by atoms with Crippen molar-refractivity contribution < 1.29 is 28.5 Å². The number of carbonyl (C=O) groups excluding carboxylic acids is 2. The van der Waals surface area contributed by atoms with Gasteiger partial charge in [-0.1, -0.05) is 0 Å². The van der Waals surface area contributed by atoms with Gasteiger partial charge in [0.2, 0.25) is 6.79 Å². The zero-order valence-electron chi connectivity index (χ0n) is 17.6. The van der Waals surface area contributed by atoms with Crippen molar-refractivity contribution in [3.05, 3.63) is 64.1 Å². The van der Waals surface area contributed by atoms with Gasteiger partial charge in [0.15, 0.2) is 11.5 Å². The molecule has 0 atom stereocenters. The Bertz CT molecular complexity index is 1270. The number of nitrogens with one attached hydrogen (secondary N) is 1. The molecule has 0 bridgehead atoms. The van der Waals surface area contributed by atoms with Crippen LogP contribution in [0.15, 0.2) is 48.0 Å². The number of hydrogen-bond donors (Lipinski definition) is 1. The molecule has 10 heteroatoms. The van der Waals surface area contributed by atoms with E-state index in [4.69, 9.17) is 18.9 Å². The van der Waals surface area contributed by atoms with Gasteiger partial charge in [-0.25, -0.2) is 14.6 Å². The van der Waals surface area contributed by atoms with Gasteiger partial charge >= 0.3 is 11.9 Å². The largest absolute Gasteiger partial charge is 0.465 e. The number of nitriles is 1. The minimum Gasteiger partial charge on any atom is -0.465 e. The van der Waals surface area contributed by atoms with E-state index in [1.807, 2.05) is 23.6 Å². The van der Waals surface area contributed by atoms with Gasteiger partial charge in [-0.2, -0.15) is 5.26 Å². The predicted octanol–water partition coefficient (Wildman–Crippen LogP) is 4.09. The molecule has 166 valence electrons. The van der Waals surface area contributed by atoms with Crippen LogP contribution in [0.4, 0.5) is 5.69 Å². The van der Waals surface area contributed by atoms with Crippen LogP contribution in [-0.4, -0.2) is 37.9 Å². The van der Waals surface area contributed by atoms with Crippen molar-refractivity contribution in [2.75, 3.05) is 26.3 Å². The third-order valence-electron chi connectivity index (χ3n) is 4.68. The second kappa shape index (κ2) is 9.42. The van der Waals surface area contributed by atoms with Gasteiger partial charge in [0, 0.05) is 22.8 Å². The second-order valence-electron chi connectivity index (χ2n) is 6.70. The van der Waals surface area contributed by atoms with E-state index in [-0.39, 0.29) is 23.5 Å². The van der Waals surface area contributed by atoms with Crippen LogP contribution in [0.1, 0.15) is 25.7 Å². The number of rotatable bonds is 6. The summed E-state index contributed by atoms with van der Waals surface area (Å²) < 4.78 is 20.2. The van der Waals surface area contributed by atoms with Crippen LogP contribution in [0.2, 0.25) is 0 Å². The Morgan fingerprint density at radius 3 is 2.45 bits per heavy atom. The standard InChI is InChI=1S/C23H17N3O6S/c1-29-22(27)14-5-15(23(28)30-2)7-17(6-14)25-10-16(9-24)21-26-18(11-33-21)13-3-4-19-20(8-13)32-12-31-19/h3-8,10-11,25H,12H2,1-2H3/b16-10+. The van der Waals surface area contributed by atoms with Crippen molar-refractivity contribution in [1.29, 1.82) is 5.26 Å². The number of benzene rings is 2. The Morgan fingerprint density at radius 2 is 1.79 bits per heavy atom. The van der Waals surface area contributed by atoms with E-state index in [0.717, 1.165) is 5.56 Å². The predicted molar refractivity (Wildman–Crippen MR) is 120 cm³/mol. The maximum Gasteiger partial charge on any atom is 0.337 e. The number of anilines is 1. The van der Waals surface area contributed by atoms with Gasteiger partial charge in [-0.3, -0.25) is 0 Å². The van der Waals surface area contributed by atoms with Crippen molar-refractivity contribution in [2.24, 2.45) is 0 Å². The van der Waals surface area contributed by atoms with E-state index in [9.17, 15) is 14.9 Å². The molecule has 0 spiro atoms.